The quantitative estimate of drug-likeness (QED) is 0.186. The summed E-state index contributed by atoms with van der Waals surface area (Å²) in [5, 5.41) is 6.60. The summed E-state index contributed by atoms with van der Waals surface area (Å²) in [7, 11) is 0. The molecule has 0 spiro atoms. The van der Waals surface area contributed by atoms with Crippen molar-refractivity contribution in [3.8, 4) is 56.4 Å². The highest BCUT2D eigenvalue weighted by atomic mass is 16.3. The Labute approximate surface area is 294 Å². The number of furan rings is 1. The maximum absolute atomic E-state index is 6.72. The van der Waals surface area contributed by atoms with Crippen LogP contribution in [0.3, 0.4) is 0 Å². The van der Waals surface area contributed by atoms with E-state index in [1.807, 2.05) is 60.7 Å². The summed E-state index contributed by atoms with van der Waals surface area (Å²) < 4.78 is 6.72. The molecule has 2 aromatic heterocycles. The Bertz CT molecular complexity index is 2850. The standard InChI is InChI=1S/C47H29N3O/c1-3-14-31(15-4-1)45-48-46(32-16-5-2-6-17-32)50-47(49-45)42-29-41-39-26-25-34(28-43(39)51-44(41)40-23-10-9-22-38(40)42)33-19-11-20-35(27-33)37-24-12-18-30-13-7-8-21-36(30)37/h1-29H. The van der Waals surface area contributed by atoms with Gasteiger partial charge in [0.1, 0.15) is 11.2 Å². The van der Waals surface area contributed by atoms with Crippen LogP contribution in [0.2, 0.25) is 0 Å². The van der Waals surface area contributed by atoms with Crippen molar-refractivity contribution >= 4 is 43.5 Å². The van der Waals surface area contributed by atoms with Gasteiger partial charge in [-0.25, -0.2) is 15.0 Å². The number of hydrogen-bond acceptors (Lipinski definition) is 4. The Balaban J connectivity index is 1.14. The first-order valence-corrected chi connectivity index (χ1v) is 17.1. The van der Waals surface area contributed by atoms with E-state index in [-0.39, 0.29) is 0 Å². The third-order valence-corrected chi connectivity index (χ3v) is 9.72. The minimum atomic E-state index is 0.622. The molecule has 238 valence electrons. The van der Waals surface area contributed by atoms with Crippen LogP contribution in [0.25, 0.3) is 99.9 Å². The molecule has 10 aromatic rings. The van der Waals surface area contributed by atoms with Crippen molar-refractivity contribution in [2.24, 2.45) is 0 Å². The van der Waals surface area contributed by atoms with Gasteiger partial charge in [0.2, 0.25) is 0 Å². The molecule has 0 radical (unpaired) electrons. The molecule has 2 heterocycles. The highest BCUT2D eigenvalue weighted by molar-refractivity contribution is 6.19. The van der Waals surface area contributed by atoms with Crippen molar-refractivity contribution in [1.29, 1.82) is 0 Å². The second-order valence-corrected chi connectivity index (χ2v) is 12.8. The number of rotatable bonds is 5. The van der Waals surface area contributed by atoms with Crippen molar-refractivity contribution in [3.63, 3.8) is 0 Å². The summed E-state index contributed by atoms with van der Waals surface area (Å²) in [4.78, 5) is 15.1. The Kier molecular flexibility index (Phi) is 6.78. The summed E-state index contributed by atoms with van der Waals surface area (Å²) in [5.74, 6) is 1.89. The number of fused-ring (bicyclic) bond motifs is 6. The molecule has 4 nitrogen and oxygen atoms in total. The van der Waals surface area contributed by atoms with E-state index in [0.717, 1.165) is 60.5 Å². The molecule has 51 heavy (non-hydrogen) atoms. The van der Waals surface area contributed by atoms with Crippen LogP contribution in [0.5, 0.6) is 0 Å². The Hall–Kier alpha value is -6.91. The topological polar surface area (TPSA) is 51.8 Å². The van der Waals surface area contributed by atoms with Gasteiger partial charge in [0, 0.05) is 32.8 Å². The number of nitrogens with zero attached hydrogens (tertiary/aromatic N) is 3. The lowest BCUT2D eigenvalue weighted by Gasteiger charge is -2.11. The lowest BCUT2D eigenvalue weighted by Crippen LogP contribution is -2.00. The fourth-order valence-electron chi connectivity index (χ4n) is 7.23. The summed E-state index contributed by atoms with van der Waals surface area (Å²) in [5.41, 5.74) is 9.16. The van der Waals surface area contributed by atoms with Gasteiger partial charge in [0.15, 0.2) is 17.5 Å². The normalized spacial score (nSPS) is 11.5. The maximum Gasteiger partial charge on any atom is 0.164 e. The first kappa shape index (κ1) is 29.0. The van der Waals surface area contributed by atoms with Crippen LogP contribution in [0.1, 0.15) is 0 Å². The predicted octanol–water partition coefficient (Wildman–Crippen LogP) is 12.4. The molecular formula is C47H29N3O. The zero-order chi connectivity index (χ0) is 33.7. The van der Waals surface area contributed by atoms with Crippen molar-refractivity contribution in [2.45, 2.75) is 0 Å². The zero-order valence-electron chi connectivity index (χ0n) is 27.5. The van der Waals surface area contributed by atoms with Crippen LogP contribution in [0.4, 0.5) is 0 Å². The van der Waals surface area contributed by atoms with E-state index in [4.69, 9.17) is 19.4 Å². The van der Waals surface area contributed by atoms with Gasteiger partial charge >= 0.3 is 0 Å². The highest BCUT2D eigenvalue weighted by Crippen LogP contribution is 2.41. The van der Waals surface area contributed by atoms with Gasteiger partial charge in [0.05, 0.1) is 0 Å². The number of hydrogen-bond donors (Lipinski definition) is 0. The van der Waals surface area contributed by atoms with Gasteiger partial charge in [-0.3, -0.25) is 0 Å². The van der Waals surface area contributed by atoms with Crippen LogP contribution < -0.4 is 0 Å². The third kappa shape index (κ3) is 5.04. The van der Waals surface area contributed by atoms with E-state index in [9.17, 15) is 0 Å². The average Bonchev–Trinajstić information content (AvgIpc) is 3.59. The molecule has 8 aromatic carbocycles. The van der Waals surface area contributed by atoms with Crippen molar-refractivity contribution in [2.75, 3.05) is 0 Å². The molecule has 0 unspecified atom stereocenters. The van der Waals surface area contributed by atoms with Gasteiger partial charge in [-0.2, -0.15) is 0 Å². The Morgan fingerprint density at radius 3 is 1.65 bits per heavy atom. The van der Waals surface area contributed by atoms with E-state index in [0.29, 0.717) is 17.5 Å². The monoisotopic (exact) mass is 651 g/mol. The minimum Gasteiger partial charge on any atom is -0.455 e. The maximum atomic E-state index is 6.72. The SMILES string of the molecule is c1ccc(-c2nc(-c3ccccc3)nc(-c3cc4c5ccc(-c6cccc(-c7cccc8ccccc78)c6)cc5oc4c4ccccc34)n2)cc1. The van der Waals surface area contributed by atoms with Crippen molar-refractivity contribution < 1.29 is 4.42 Å². The molecule has 0 fully saturated rings. The van der Waals surface area contributed by atoms with E-state index < -0.39 is 0 Å². The molecule has 0 aliphatic rings. The van der Waals surface area contributed by atoms with Crippen LogP contribution in [0.15, 0.2) is 180 Å². The third-order valence-electron chi connectivity index (χ3n) is 9.72. The highest BCUT2D eigenvalue weighted by Gasteiger charge is 2.19. The van der Waals surface area contributed by atoms with Crippen molar-refractivity contribution in [1.82, 2.24) is 15.0 Å². The van der Waals surface area contributed by atoms with E-state index in [1.54, 1.807) is 0 Å². The number of benzene rings is 8. The summed E-state index contributed by atoms with van der Waals surface area (Å²) in [6, 6.07) is 61.1. The minimum absolute atomic E-state index is 0.622. The lowest BCUT2D eigenvalue weighted by molar-refractivity contribution is 0.673. The fourth-order valence-corrected chi connectivity index (χ4v) is 7.23. The summed E-state index contributed by atoms with van der Waals surface area (Å²) in [6.07, 6.45) is 0. The molecule has 0 saturated carbocycles. The van der Waals surface area contributed by atoms with Gasteiger partial charge < -0.3 is 4.42 Å². The van der Waals surface area contributed by atoms with E-state index in [2.05, 4.69) is 115 Å². The molecule has 0 amide bonds. The Morgan fingerprint density at radius 2 is 0.882 bits per heavy atom. The van der Waals surface area contributed by atoms with E-state index in [1.165, 1.54) is 21.9 Å². The van der Waals surface area contributed by atoms with Gasteiger partial charge in [0.25, 0.3) is 0 Å². The van der Waals surface area contributed by atoms with Gasteiger partial charge in [-0.05, 0) is 62.7 Å². The fraction of sp³-hybridized carbons (Fsp3) is 0. The lowest BCUT2D eigenvalue weighted by atomic mass is 9.95. The molecule has 0 aliphatic heterocycles. The molecule has 0 saturated heterocycles. The van der Waals surface area contributed by atoms with Crippen LogP contribution in [-0.2, 0) is 0 Å². The summed E-state index contributed by atoms with van der Waals surface area (Å²) in [6.45, 7) is 0. The van der Waals surface area contributed by atoms with E-state index >= 15 is 0 Å². The zero-order valence-corrected chi connectivity index (χ0v) is 27.5. The predicted molar refractivity (Wildman–Crippen MR) is 209 cm³/mol. The second kappa shape index (κ2) is 11.9. The molecule has 0 N–H and O–H groups in total. The largest absolute Gasteiger partial charge is 0.455 e. The van der Waals surface area contributed by atoms with Crippen LogP contribution in [0, 0.1) is 0 Å². The molecule has 0 bridgehead atoms. The molecule has 4 heteroatoms. The average molecular weight is 652 g/mol. The number of aromatic nitrogens is 3. The van der Waals surface area contributed by atoms with Crippen molar-refractivity contribution in [3.05, 3.63) is 176 Å². The molecule has 0 atom stereocenters. The molecule has 0 aliphatic carbocycles. The molecule has 10 rings (SSSR count). The van der Waals surface area contributed by atoms with Crippen LogP contribution >= 0.6 is 0 Å². The first-order valence-electron chi connectivity index (χ1n) is 17.1. The van der Waals surface area contributed by atoms with Gasteiger partial charge in [-0.1, -0.05) is 152 Å². The second-order valence-electron chi connectivity index (χ2n) is 12.8. The smallest absolute Gasteiger partial charge is 0.164 e. The Morgan fingerprint density at radius 1 is 0.314 bits per heavy atom. The van der Waals surface area contributed by atoms with Crippen LogP contribution in [-0.4, -0.2) is 15.0 Å². The first-order chi connectivity index (χ1) is 25.3. The van der Waals surface area contributed by atoms with Gasteiger partial charge in [-0.15, -0.1) is 0 Å². The molecular weight excluding hydrogens is 623 g/mol. The summed E-state index contributed by atoms with van der Waals surface area (Å²) >= 11 is 0.